The Hall–Kier alpha value is -2.99. The molecular weight excluding hydrogens is 371 g/mol. The molecule has 0 atom stereocenters. The lowest BCUT2D eigenvalue weighted by Crippen LogP contribution is -2.29. The van der Waals surface area contributed by atoms with Crippen molar-refractivity contribution in [3.63, 3.8) is 0 Å². The molecule has 0 unspecified atom stereocenters. The molecule has 144 valence electrons. The molecule has 6 heteroatoms. The number of thiocarbonyl (C=S) groups is 1. The number of nitrogens with one attached hydrogen (secondary N) is 3. The Morgan fingerprint density at radius 3 is 2.36 bits per heavy atom. The summed E-state index contributed by atoms with van der Waals surface area (Å²) in [6, 6.07) is 18.6. The monoisotopic (exact) mass is 394 g/mol. The number of hydrogen-bond donors (Lipinski definition) is 3. The molecule has 0 radical (unpaired) electrons. The highest BCUT2D eigenvalue weighted by Gasteiger charge is 2.01. The van der Waals surface area contributed by atoms with Gasteiger partial charge in [-0.15, -0.1) is 0 Å². The minimum atomic E-state index is -0.207. The molecule has 0 saturated carbocycles. The van der Waals surface area contributed by atoms with Gasteiger partial charge in [-0.05, 0) is 73.9 Å². The van der Waals surface area contributed by atoms with Crippen molar-refractivity contribution in [3.05, 3.63) is 83.8 Å². The predicted octanol–water partition coefficient (Wildman–Crippen LogP) is 5.19. The van der Waals surface area contributed by atoms with Gasteiger partial charge in [0.15, 0.2) is 5.11 Å². The number of benzene rings is 2. The Labute approximate surface area is 170 Å². The normalized spacial score (nSPS) is 10.4. The van der Waals surface area contributed by atoms with Crippen LogP contribution in [-0.4, -0.2) is 16.6 Å². The Morgan fingerprint density at radius 1 is 0.964 bits per heavy atom. The summed E-state index contributed by atoms with van der Waals surface area (Å²) in [5.41, 5.74) is 4.15. The topological polar surface area (TPSA) is 49.0 Å². The summed E-state index contributed by atoms with van der Waals surface area (Å²) in [6.07, 6.45) is 3.52. The first-order chi connectivity index (χ1) is 13.6. The number of hydrogen-bond acceptors (Lipinski definition) is 3. The molecule has 2 aromatic carbocycles. The third-order valence-electron chi connectivity index (χ3n) is 4.19. The zero-order valence-electron chi connectivity index (χ0n) is 15.7. The van der Waals surface area contributed by atoms with E-state index in [1.807, 2.05) is 36.4 Å². The Bertz CT molecular complexity index is 893. The SMILES string of the molecule is Cc1ccc(Nc2ccc(NC(=S)NCCCc3ccc(F)cc3)cn2)cc1. The summed E-state index contributed by atoms with van der Waals surface area (Å²) in [4.78, 5) is 4.40. The summed E-state index contributed by atoms with van der Waals surface area (Å²) >= 11 is 5.32. The molecule has 1 heterocycles. The van der Waals surface area contributed by atoms with Crippen LogP contribution in [0.2, 0.25) is 0 Å². The van der Waals surface area contributed by atoms with Gasteiger partial charge in [0.1, 0.15) is 11.6 Å². The zero-order chi connectivity index (χ0) is 19.8. The number of halogens is 1. The van der Waals surface area contributed by atoms with Crippen molar-refractivity contribution in [1.82, 2.24) is 10.3 Å². The maximum atomic E-state index is 12.9. The van der Waals surface area contributed by atoms with Gasteiger partial charge in [-0.2, -0.15) is 0 Å². The van der Waals surface area contributed by atoms with Gasteiger partial charge in [-0.3, -0.25) is 0 Å². The van der Waals surface area contributed by atoms with E-state index in [2.05, 4.69) is 40.0 Å². The smallest absolute Gasteiger partial charge is 0.170 e. The molecule has 0 fully saturated rings. The maximum absolute atomic E-state index is 12.9. The lowest BCUT2D eigenvalue weighted by atomic mass is 10.1. The Balaban J connectivity index is 1.40. The van der Waals surface area contributed by atoms with E-state index < -0.39 is 0 Å². The molecule has 0 saturated heterocycles. The second-order valence-corrected chi connectivity index (χ2v) is 6.94. The van der Waals surface area contributed by atoms with E-state index in [4.69, 9.17) is 12.2 Å². The fraction of sp³-hybridized carbons (Fsp3) is 0.182. The first-order valence-corrected chi connectivity index (χ1v) is 9.58. The summed E-state index contributed by atoms with van der Waals surface area (Å²) in [5, 5.41) is 10.1. The van der Waals surface area contributed by atoms with Crippen LogP contribution >= 0.6 is 12.2 Å². The van der Waals surface area contributed by atoms with Crippen molar-refractivity contribution < 1.29 is 4.39 Å². The highest BCUT2D eigenvalue weighted by atomic mass is 32.1. The quantitative estimate of drug-likeness (QED) is 0.380. The molecule has 0 spiro atoms. The summed E-state index contributed by atoms with van der Waals surface area (Å²) < 4.78 is 12.9. The molecule has 0 amide bonds. The van der Waals surface area contributed by atoms with Crippen LogP contribution in [0.5, 0.6) is 0 Å². The molecule has 0 aliphatic heterocycles. The zero-order valence-corrected chi connectivity index (χ0v) is 16.5. The van der Waals surface area contributed by atoms with Crippen molar-refractivity contribution in [1.29, 1.82) is 0 Å². The van der Waals surface area contributed by atoms with Gasteiger partial charge in [0.25, 0.3) is 0 Å². The van der Waals surface area contributed by atoms with Gasteiger partial charge in [0.2, 0.25) is 0 Å². The number of aryl methyl sites for hydroxylation is 2. The molecule has 28 heavy (non-hydrogen) atoms. The standard InChI is InChI=1S/C22H23FN4S/c1-16-4-10-19(11-5-16)26-21-13-12-20(15-25-21)27-22(28)24-14-2-3-17-6-8-18(23)9-7-17/h4-13,15H,2-3,14H2,1H3,(H,25,26)(H2,24,27,28). The molecule has 4 nitrogen and oxygen atoms in total. The van der Waals surface area contributed by atoms with Gasteiger partial charge < -0.3 is 16.0 Å². The van der Waals surface area contributed by atoms with Crippen molar-refractivity contribution in [2.75, 3.05) is 17.2 Å². The Morgan fingerprint density at radius 2 is 1.68 bits per heavy atom. The Kier molecular flexibility index (Phi) is 6.92. The summed E-state index contributed by atoms with van der Waals surface area (Å²) in [7, 11) is 0. The van der Waals surface area contributed by atoms with E-state index in [-0.39, 0.29) is 5.82 Å². The van der Waals surface area contributed by atoms with E-state index in [0.29, 0.717) is 5.11 Å². The third-order valence-corrected chi connectivity index (χ3v) is 4.43. The first kappa shape index (κ1) is 19.8. The summed E-state index contributed by atoms with van der Waals surface area (Å²) in [6.45, 7) is 2.80. The molecule has 0 bridgehead atoms. The van der Waals surface area contributed by atoms with E-state index in [1.165, 1.54) is 17.7 Å². The number of anilines is 3. The molecule has 3 aromatic rings. The lowest BCUT2D eigenvalue weighted by Gasteiger charge is -2.11. The number of rotatable bonds is 7. The van der Waals surface area contributed by atoms with Crippen molar-refractivity contribution >= 4 is 34.5 Å². The van der Waals surface area contributed by atoms with E-state index in [1.54, 1.807) is 6.20 Å². The highest BCUT2D eigenvalue weighted by molar-refractivity contribution is 7.80. The summed E-state index contributed by atoms with van der Waals surface area (Å²) in [5.74, 6) is 0.563. The first-order valence-electron chi connectivity index (χ1n) is 9.17. The van der Waals surface area contributed by atoms with Crippen LogP contribution in [0.4, 0.5) is 21.6 Å². The second-order valence-electron chi connectivity index (χ2n) is 6.53. The molecule has 3 rings (SSSR count). The van der Waals surface area contributed by atoms with Crippen LogP contribution in [0.25, 0.3) is 0 Å². The fourth-order valence-corrected chi connectivity index (χ4v) is 2.87. The fourth-order valence-electron chi connectivity index (χ4n) is 2.65. The number of nitrogens with zero attached hydrogens (tertiary/aromatic N) is 1. The third kappa shape index (κ3) is 6.32. The predicted molar refractivity (Wildman–Crippen MR) is 118 cm³/mol. The maximum Gasteiger partial charge on any atom is 0.170 e. The van der Waals surface area contributed by atoms with Gasteiger partial charge >= 0.3 is 0 Å². The van der Waals surface area contributed by atoms with E-state index in [9.17, 15) is 4.39 Å². The van der Waals surface area contributed by atoms with Gasteiger partial charge in [0, 0.05) is 12.2 Å². The van der Waals surface area contributed by atoms with Gasteiger partial charge in [-0.1, -0.05) is 29.8 Å². The van der Waals surface area contributed by atoms with Crippen molar-refractivity contribution in [2.24, 2.45) is 0 Å². The number of pyridine rings is 1. The van der Waals surface area contributed by atoms with Crippen LogP contribution < -0.4 is 16.0 Å². The van der Waals surface area contributed by atoms with Crippen LogP contribution in [0, 0.1) is 12.7 Å². The van der Waals surface area contributed by atoms with Crippen molar-refractivity contribution in [3.8, 4) is 0 Å². The molecular formula is C22H23FN4S. The van der Waals surface area contributed by atoms with E-state index >= 15 is 0 Å². The van der Waals surface area contributed by atoms with Crippen LogP contribution in [0.15, 0.2) is 66.9 Å². The van der Waals surface area contributed by atoms with E-state index in [0.717, 1.165) is 42.1 Å². The number of aromatic nitrogens is 1. The minimum Gasteiger partial charge on any atom is -0.362 e. The van der Waals surface area contributed by atoms with Crippen LogP contribution in [0.3, 0.4) is 0 Å². The molecule has 0 aliphatic rings. The van der Waals surface area contributed by atoms with Crippen LogP contribution in [-0.2, 0) is 6.42 Å². The molecule has 3 N–H and O–H groups in total. The van der Waals surface area contributed by atoms with Crippen LogP contribution in [0.1, 0.15) is 17.5 Å². The lowest BCUT2D eigenvalue weighted by molar-refractivity contribution is 0.626. The highest BCUT2D eigenvalue weighted by Crippen LogP contribution is 2.16. The van der Waals surface area contributed by atoms with Gasteiger partial charge in [-0.25, -0.2) is 9.37 Å². The second kappa shape index (κ2) is 9.80. The van der Waals surface area contributed by atoms with Crippen molar-refractivity contribution in [2.45, 2.75) is 19.8 Å². The molecule has 0 aliphatic carbocycles. The minimum absolute atomic E-state index is 0.207. The largest absolute Gasteiger partial charge is 0.362 e. The average Bonchev–Trinajstić information content (AvgIpc) is 2.70. The average molecular weight is 395 g/mol. The van der Waals surface area contributed by atoms with Gasteiger partial charge in [0.05, 0.1) is 11.9 Å². The molecule has 1 aromatic heterocycles.